The number of nitrogens with zero attached hydrogens (tertiary/aromatic N) is 3. The van der Waals surface area contributed by atoms with Crippen LogP contribution in [0.25, 0.3) is 6.08 Å². The van der Waals surface area contributed by atoms with Gasteiger partial charge in [-0.25, -0.2) is 4.98 Å². The summed E-state index contributed by atoms with van der Waals surface area (Å²) in [5.74, 6) is -0.705. The van der Waals surface area contributed by atoms with Crippen LogP contribution < -0.4 is 5.32 Å². The van der Waals surface area contributed by atoms with Crippen LogP contribution in [-0.4, -0.2) is 21.2 Å². The molecule has 25 heavy (non-hydrogen) atoms. The number of ketones is 1. The molecule has 2 aromatic rings. The molecule has 6 nitrogen and oxygen atoms in total. The van der Waals surface area contributed by atoms with Gasteiger partial charge >= 0.3 is 0 Å². The van der Waals surface area contributed by atoms with E-state index in [1.807, 2.05) is 26.0 Å². The molecule has 0 saturated heterocycles. The zero-order valence-corrected chi connectivity index (χ0v) is 15.5. The van der Waals surface area contributed by atoms with Crippen molar-refractivity contribution in [3.63, 3.8) is 0 Å². The van der Waals surface area contributed by atoms with Crippen molar-refractivity contribution in [3.05, 3.63) is 39.7 Å². The van der Waals surface area contributed by atoms with Gasteiger partial charge in [0.05, 0.1) is 0 Å². The van der Waals surface area contributed by atoms with Gasteiger partial charge in [0, 0.05) is 30.2 Å². The Kier molecular flexibility index (Phi) is 5.88. The maximum absolute atomic E-state index is 12.3. The third-order valence-corrected chi connectivity index (χ3v) is 4.57. The number of carbonyl (C=O) groups is 2. The summed E-state index contributed by atoms with van der Waals surface area (Å²) in [6, 6.07) is 3.90. The van der Waals surface area contributed by atoms with Crippen LogP contribution in [0.15, 0.2) is 17.0 Å². The lowest BCUT2D eigenvalue weighted by Gasteiger charge is -2.07. The molecule has 0 saturated carbocycles. The van der Waals surface area contributed by atoms with Gasteiger partial charge < -0.3 is 4.57 Å². The second-order valence-corrected chi connectivity index (χ2v) is 6.55. The normalized spacial score (nSPS) is 11.2. The van der Waals surface area contributed by atoms with E-state index in [2.05, 4.69) is 21.8 Å². The van der Waals surface area contributed by atoms with Gasteiger partial charge in [-0.2, -0.15) is 5.26 Å². The quantitative estimate of drug-likeness (QED) is 0.485. The molecular formula is C18H20N4O2S. The van der Waals surface area contributed by atoms with Crippen molar-refractivity contribution >= 4 is 34.2 Å². The molecule has 0 unspecified atom stereocenters. The number of nitriles is 1. The molecule has 0 aromatic carbocycles. The third kappa shape index (κ3) is 4.22. The van der Waals surface area contributed by atoms with Gasteiger partial charge in [-0.15, -0.1) is 11.3 Å². The lowest BCUT2D eigenvalue weighted by molar-refractivity contribution is -0.112. The predicted molar refractivity (Wildman–Crippen MR) is 98.5 cm³/mol. The molecule has 0 bridgehead atoms. The Morgan fingerprint density at radius 1 is 1.44 bits per heavy atom. The van der Waals surface area contributed by atoms with Gasteiger partial charge in [0.2, 0.25) is 0 Å². The Morgan fingerprint density at radius 3 is 2.72 bits per heavy atom. The molecule has 1 amide bonds. The number of aryl methyl sites for hydroxylation is 1. The number of aromatic nitrogens is 2. The van der Waals surface area contributed by atoms with Crippen LogP contribution in [0.5, 0.6) is 0 Å². The van der Waals surface area contributed by atoms with E-state index in [0.29, 0.717) is 10.8 Å². The average molecular weight is 356 g/mol. The lowest BCUT2D eigenvalue weighted by Crippen LogP contribution is -2.13. The van der Waals surface area contributed by atoms with Crippen molar-refractivity contribution in [1.82, 2.24) is 9.55 Å². The summed E-state index contributed by atoms with van der Waals surface area (Å²) in [6.07, 6.45) is 2.59. The van der Waals surface area contributed by atoms with Crippen molar-refractivity contribution in [2.75, 3.05) is 5.32 Å². The molecule has 1 N–H and O–H groups in total. The predicted octanol–water partition coefficient (Wildman–Crippen LogP) is 3.72. The fourth-order valence-electron chi connectivity index (χ4n) is 2.50. The molecule has 0 atom stereocenters. The van der Waals surface area contributed by atoms with Gasteiger partial charge in [0.15, 0.2) is 10.9 Å². The third-order valence-electron chi connectivity index (χ3n) is 3.81. The molecule has 0 aliphatic rings. The molecule has 0 aliphatic heterocycles. The molecule has 2 aromatic heterocycles. The van der Waals surface area contributed by atoms with Crippen molar-refractivity contribution in [2.24, 2.45) is 0 Å². The number of hydrogen-bond acceptors (Lipinski definition) is 5. The Morgan fingerprint density at radius 2 is 2.16 bits per heavy atom. The maximum atomic E-state index is 12.3. The van der Waals surface area contributed by atoms with Crippen molar-refractivity contribution < 1.29 is 9.59 Å². The highest BCUT2D eigenvalue weighted by molar-refractivity contribution is 7.14. The fraction of sp³-hybridized carbons (Fsp3) is 0.333. The lowest BCUT2D eigenvalue weighted by atomic mass is 10.1. The first-order chi connectivity index (χ1) is 11.9. The van der Waals surface area contributed by atoms with E-state index < -0.39 is 5.91 Å². The number of nitrogens with one attached hydrogen (secondary N) is 1. The van der Waals surface area contributed by atoms with Crippen LogP contribution >= 0.6 is 11.3 Å². The minimum absolute atomic E-state index is 0.00340. The molecular weight excluding hydrogens is 336 g/mol. The first-order valence-electron chi connectivity index (χ1n) is 7.93. The van der Waals surface area contributed by atoms with Crippen LogP contribution in [0.4, 0.5) is 5.13 Å². The summed E-state index contributed by atoms with van der Waals surface area (Å²) >= 11 is 1.15. The second-order valence-electron chi connectivity index (χ2n) is 5.70. The fourth-order valence-corrected chi connectivity index (χ4v) is 3.25. The van der Waals surface area contributed by atoms with E-state index >= 15 is 0 Å². The molecule has 0 fully saturated rings. The van der Waals surface area contributed by atoms with E-state index in [0.717, 1.165) is 41.3 Å². The van der Waals surface area contributed by atoms with E-state index in [1.54, 1.807) is 11.5 Å². The van der Waals surface area contributed by atoms with E-state index in [9.17, 15) is 14.9 Å². The molecule has 0 spiro atoms. The number of anilines is 1. The van der Waals surface area contributed by atoms with Gasteiger partial charge in [-0.3, -0.25) is 14.9 Å². The van der Waals surface area contributed by atoms with Crippen LogP contribution in [-0.2, 0) is 11.3 Å². The SMILES string of the molecule is CCCn1c(C)cc(C=C(C#N)C(=O)Nc2nc(C(C)=O)cs2)c1C. The number of hydrogen-bond donors (Lipinski definition) is 1. The smallest absolute Gasteiger partial charge is 0.268 e. The van der Waals surface area contributed by atoms with Gasteiger partial charge in [-0.05, 0) is 38.0 Å². The summed E-state index contributed by atoms with van der Waals surface area (Å²) in [7, 11) is 0. The molecule has 0 radical (unpaired) electrons. The Labute approximate surface area is 150 Å². The molecule has 0 aliphatic carbocycles. The molecule has 130 valence electrons. The topological polar surface area (TPSA) is 87.8 Å². The summed E-state index contributed by atoms with van der Waals surface area (Å²) < 4.78 is 2.17. The Balaban J connectivity index is 2.25. The van der Waals surface area contributed by atoms with Crippen molar-refractivity contribution in [3.8, 4) is 6.07 Å². The van der Waals surface area contributed by atoms with Crippen LogP contribution in [0.1, 0.15) is 47.7 Å². The summed E-state index contributed by atoms with van der Waals surface area (Å²) in [5, 5.41) is 13.8. The molecule has 2 rings (SSSR count). The first-order valence-corrected chi connectivity index (χ1v) is 8.81. The molecule has 2 heterocycles. The zero-order chi connectivity index (χ0) is 18.6. The number of amides is 1. The number of rotatable bonds is 6. The van der Waals surface area contributed by atoms with E-state index in [-0.39, 0.29) is 11.4 Å². The molecule has 7 heteroatoms. The summed E-state index contributed by atoms with van der Waals surface area (Å²) in [6.45, 7) is 8.39. The van der Waals surface area contributed by atoms with Crippen molar-refractivity contribution in [2.45, 2.75) is 40.7 Å². The zero-order valence-electron chi connectivity index (χ0n) is 14.7. The summed E-state index contributed by atoms with van der Waals surface area (Å²) in [4.78, 5) is 27.6. The maximum Gasteiger partial charge on any atom is 0.268 e. The Hall–Kier alpha value is -2.72. The van der Waals surface area contributed by atoms with Crippen LogP contribution in [0.2, 0.25) is 0 Å². The van der Waals surface area contributed by atoms with Gasteiger partial charge in [0.1, 0.15) is 17.3 Å². The van der Waals surface area contributed by atoms with Crippen LogP contribution in [0.3, 0.4) is 0 Å². The summed E-state index contributed by atoms with van der Waals surface area (Å²) in [5.41, 5.74) is 3.26. The minimum Gasteiger partial charge on any atom is -0.349 e. The number of Topliss-reactive ketones (excluding diaryl/α,β-unsaturated/α-hetero) is 1. The second kappa shape index (κ2) is 7.90. The number of thiazole rings is 1. The standard InChI is InChI=1S/C18H20N4O2S/c1-5-6-22-11(2)7-14(12(22)3)8-15(9-19)17(24)21-18-20-16(10-25-18)13(4)23/h7-8,10H,5-6H2,1-4H3,(H,20,21,24). The van der Waals surface area contributed by atoms with Gasteiger partial charge in [0.25, 0.3) is 5.91 Å². The van der Waals surface area contributed by atoms with Crippen molar-refractivity contribution in [1.29, 1.82) is 5.26 Å². The average Bonchev–Trinajstić information content (AvgIpc) is 3.13. The monoisotopic (exact) mass is 356 g/mol. The highest BCUT2D eigenvalue weighted by atomic mass is 32.1. The minimum atomic E-state index is -0.535. The Bertz CT molecular complexity index is 884. The largest absolute Gasteiger partial charge is 0.349 e. The first kappa shape index (κ1) is 18.6. The number of carbonyl (C=O) groups excluding carboxylic acids is 2. The highest BCUT2D eigenvalue weighted by Crippen LogP contribution is 2.20. The van der Waals surface area contributed by atoms with E-state index in [4.69, 9.17) is 0 Å². The van der Waals surface area contributed by atoms with Crippen LogP contribution in [0, 0.1) is 25.2 Å². The van der Waals surface area contributed by atoms with E-state index in [1.165, 1.54) is 6.92 Å². The highest BCUT2D eigenvalue weighted by Gasteiger charge is 2.15. The van der Waals surface area contributed by atoms with Gasteiger partial charge in [-0.1, -0.05) is 6.92 Å².